The average Bonchev–Trinajstić information content (AvgIpc) is 3.25. The number of nitrogens with two attached hydrogens (primary N) is 1. The van der Waals surface area contributed by atoms with E-state index in [2.05, 4.69) is 19.2 Å². The highest BCUT2D eigenvalue weighted by atomic mass is 19.1. The van der Waals surface area contributed by atoms with Crippen LogP contribution >= 0.6 is 0 Å². The first-order valence-electron chi connectivity index (χ1n) is 11.4. The average molecular weight is 427 g/mol. The molecule has 1 aromatic heterocycles. The number of hydrogen-bond donors (Lipinski definition) is 2. The monoisotopic (exact) mass is 426 g/mol. The minimum atomic E-state index is -0.648. The van der Waals surface area contributed by atoms with Crippen molar-refractivity contribution in [1.82, 2.24) is 9.78 Å². The summed E-state index contributed by atoms with van der Waals surface area (Å²) in [6, 6.07) is 3.02. The standard InChI is InChI=1S/C24H31FN4O2/c1-24(2)7-5-16-20(9-14-3-4-14)28-29(22(16)12-24)21-11-19(27-15-6-8-31-13-15)17(23(26)30)10-18(21)25/h10-11,14-15,27H,3-9,12-13H2,1-2H3,(H2,26,30). The molecule has 1 saturated carbocycles. The molecule has 1 saturated heterocycles. The van der Waals surface area contributed by atoms with Crippen LogP contribution in [0, 0.1) is 17.2 Å². The Balaban J connectivity index is 1.60. The number of halogens is 1. The normalized spacial score (nSPS) is 22.4. The van der Waals surface area contributed by atoms with E-state index >= 15 is 4.39 Å². The summed E-state index contributed by atoms with van der Waals surface area (Å²) in [5, 5.41) is 8.26. The van der Waals surface area contributed by atoms with E-state index in [0.717, 1.165) is 43.5 Å². The summed E-state index contributed by atoms with van der Waals surface area (Å²) in [4.78, 5) is 12.0. The predicted octanol–water partition coefficient (Wildman–Crippen LogP) is 3.78. The Kier molecular flexibility index (Phi) is 5.04. The minimum absolute atomic E-state index is 0.0762. The number of ether oxygens (including phenoxy) is 1. The summed E-state index contributed by atoms with van der Waals surface area (Å²) in [5.41, 5.74) is 10.3. The molecule has 1 amide bonds. The first kappa shape index (κ1) is 20.5. The Bertz CT molecular complexity index is 1020. The van der Waals surface area contributed by atoms with Gasteiger partial charge in [0.2, 0.25) is 0 Å². The number of benzene rings is 1. The van der Waals surface area contributed by atoms with E-state index in [-0.39, 0.29) is 17.0 Å². The van der Waals surface area contributed by atoms with Crippen molar-refractivity contribution in [1.29, 1.82) is 0 Å². The van der Waals surface area contributed by atoms with Gasteiger partial charge in [-0.2, -0.15) is 5.10 Å². The molecular formula is C24H31FN4O2. The summed E-state index contributed by atoms with van der Waals surface area (Å²) in [6.45, 7) is 5.74. The molecule has 2 aromatic rings. The van der Waals surface area contributed by atoms with Crippen LogP contribution in [0.2, 0.25) is 0 Å². The van der Waals surface area contributed by atoms with Crippen molar-refractivity contribution in [2.24, 2.45) is 17.1 Å². The summed E-state index contributed by atoms with van der Waals surface area (Å²) in [5.74, 6) is -0.414. The van der Waals surface area contributed by atoms with Crippen LogP contribution in [0.15, 0.2) is 12.1 Å². The van der Waals surface area contributed by atoms with Gasteiger partial charge < -0.3 is 15.8 Å². The predicted molar refractivity (Wildman–Crippen MR) is 117 cm³/mol. The fraction of sp³-hybridized carbons (Fsp3) is 0.583. The van der Waals surface area contributed by atoms with Crippen molar-refractivity contribution in [3.8, 4) is 5.69 Å². The molecule has 2 heterocycles. The molecule has 2 fully saturated rings. The van der Waals surface area contributed by atoms with E-state index in [1.807, 2.05) is 0 Å². The number of amides is 1. The molecule has 3 aliphatic rings. The van der Waals surface area contributed by atoms with Crippen LogP contribution in [0.5, 0.6) is 0 Å². The highest BCUT2D eigenvalue weighted by Crippen LogP contribution is 2.40. The lowest BCUT2D eigenvalue weighted by atomic mass is 9.76. The van der Waals surface area contributed by atoms with E-state index in [1.54, 1.807) is 10.7 Å². The molecule has 6 nitrogen and oxygen atoms in total. The molecule has 0 bridgehead atoms. The molecule has 166 valence electrons. The summed E-state index contributed by atoms with van der Waals surface area (Å²) < 4.78 is 22.6. The highest BCUT2D eigenvalue weighted by molar-refractivity contribution is 5.99. The largest absolute Gasteiger partial charge is 0.379 e. The van der Waals surface area contributed by atoms with Gasteiger partial charge in [0.15, 0.2) is 0 Å². The zero-order chi connectivity index (χ0) is 21.8. The lowest BCUT2D eigenvalue weighted by Crippen LogP contribution is -2.25. The Hall–Kier alpha value is -2.41. The van der Waals surface area contributed by atoms with Gasteiger partial charge in [0, 0.05) is 18.0 Å². The van der Waals surface area contributed by atoms with Crippen molar-refractivity contribution in [2.45, 2.75) is 64.8 Å². The number of fused-ring (bicyclic) bond motifs is 1. The van der Waals surface area contributed by atoms with E-state index in [0.29, 0.717) is 30.5 Å². The summed E-state index contributed by atoms with van der Waals surface area (Å²) >= 11 is 0. The lowest BCUT2D eigenvalue weighted by Gasteiger charge is -2.30. The van der Waals surface area contributed by atoms with Crippen LogP contribution in [0.3, 0.4) is 0 Å². The van der Waals surface area contributed by atoms with E-state index < -0.39 is 11.7 Å². The van der Waals surface area contributed by atoms with Crippen LogP contribution in [-0.4, -0.2) is 34.9 Å². The molecule has 1 atom stereocenters. The second-order valence-electron chi connectivity index (χ2n) is 10.2. The third-order valence-corrected chi connectivity index (χ3v) is 6.92. The molecular weight excluding hydrogens is 395 g/mol. The second-order valence-corrected chi connectivity index (χ2v) is 10.2. The van der Waals surface area contributed by atoms with E-state index in [1.165, 1.54) is 24.5 Å². The number of carbonyl (C=O) groups excluding carboxylic acids is 1. The zero-order valence-corrected chi connectivity index (χ0v) is 18.3. The fourth-order valence-electron chi connectivity index (χ4n) is 4.89. The fourth-order valence-corrected chi connectivity index (χ4v) is 4.89. The van der Waals surface area contributed by atoms with Gasteiger partial charge in [-0.15, -0.1) is 0 Å². The van der Waals surface area contributed by atoms with Gasteiger partial charge in [-0.3, -0.25) is 4.79 Å². The summed E-state index contributed by atoms with van der Waals surface area (Å²) in [7, 11) is 0. The van der Waals surface area contributed by atoms with Crippen LogP contribution in [-0.2, 0) is 24.0 Å². The van der Waals surface area contributed by atoms with Gasteiger partial charge in [0.1, 0.15) is 11.5 Å². The summed E-state index contributed by atoms with van der Waals surface area (Å²) in [6.07, 6.45) is 7.27. The number of anilines is 1. The van der Waals surface area contributed by atoms with E-state index in [4.69, 9.17) is 15.6 Å². The second kappa shape index (κ2) is 7.62. The smallest absolute Gasteiger partial charge is 0.250 e. The SMILES string of the molecule is CC1(C)CCc2c(CC3CC3)nn(-c3cc(NC4CCOC4)c(C(N)=O)cc3F)c2C1. The van der Waals surface area contributed by atoms with Crippen molar-refractivity contribution < 1.29 is 13.9 Å². The Morgan fingerprint density at radius 1 is 1.35 bits per heavy atom. The van der Waals surface area contributed by atoms with Crippen molar-refractivity contribution >= 4 is 11.6 Å². The molecule has 1 aromatic carbocycles. The van der Waals surface area contributed by atoms with Gasteiger partial charge in [0.25, 0.3) is 5.91 Å². The molecule has 31 heavy (non-hydrogen) atoms. The maximum absolute atomic E-state index is 15.3. The van der Waals surface area contributed by atoms with Crippen LogP contribution in [0.1, 0.15) is 66.8 Å². The highest BCUT2D eigenvalue weighted by Gasteiger charge is 2.34. The first-order chi connectivity index (χ1) is 14.8. The number of nitrogens with zero attached hydrogens (tertiary/aromatic N) is 2. The third kappa shape index (κ3) is 4.07. The van der Waals surface area contributed by atoms with Crippen molar-refractivity contribution in [3.63, 3.8) is 0 Å². The van der Waals surface area contributed by atoms with Crippen molar-refractivity contribution in [3.05, 3.63) is 40.5 Å². The molecule has 0 spiro atoms. The third-order valence-electron chi connectivity index (χ3n) is 6.92. The Morgan fingerprint density at radius 3 is 2.84 bits per heavy atom. The maximum Gasteiger partial charge on any atom is 0.250 e. The van der Waals surface area contributed by atoms with Gasteiger partial charge >= 0.3 is 0 Å². The molecule has 7 heteroatoms. The number of rotatable bonds is 6. The minimum Gasteiger partial charge on any atom is -0.379 e. The van der Waals surface area contributed by atoms with Gasteiger partial charge in [0.05, 0.1) is 23.9 Å². The van der Waals surface area contributed by atoms with Crippen LogP contribution in [0.25, 0.3) is 5.69 Å². The quantitative estimate of drug-likeness (QED) is 0.737. The van der Waals surface area contributed by atoms with Crippen LogP contribution in [0.4, 0.5) is 10.1 Å². The van der Waals surface area contributed by atoms with Gasteiger partial charge in [-0.1, -0.05) is 13.8 Å². The number of primary amides is 1. The molecule has 1 unspecified atom stereocenters. The number of carbonyl (C=O) groups is 1. The van der Waals surface area contributed by atoms with E-state index in [9.17, 15) is 4.79 Å². The van der Waals surface area contributed by atoms with Gasteiger partial charge in [-0.05, 0) is 74.0 Å². The first-order valence-corrected chi connectivity index (χ1v) is 11.4. The molecule has 0 radical (unpaired) electrons. The molecule has 1 aliphatic heterocycles. The lowest BCUT2D eigenvalue weighted by molar-refractivity contribution is 0.100. The molecule has 2 aliphatic carbocycles. The number of aromatic nitrogens is 2. The zero-order valence-electron chi connectivity index (χ0n) is 18.3. The topological polar surface area (TPSA) is 82.2 Å². The molecule has 5 rings (SSSR count). The maximum atomic E-state index is 15.3. The Morgan fingerprint density at radius 2 is 2.16 bits per heavy atom. The van der Waals surface area contributed by atoms with Gasteiger partial charge in [-0.25, -0.2) is 9.07 Å². The Labute approximate surface area is 182 Å². The number of hydrogen-bond acceptors (Lipinski definition) is 4. The van der Waals surface area contributed by atoms with Crippen LogP contribution < -0.4 is 11.1 Å². The van der Waals surface area contributed by atoms with Crippen molar-refractivity contribution in [2.75, 3.05) is 18.5 Å². The number of nitrogens with one attached hydrogen (secondary N) is 1. The molecule has 3 N–H and O–H groups in total.